The van der Waals surface area contributed by atoms with Crippen LogP contribution in [0, 0.1) is 5.92 Å². The Labute approximate surface area is 192 Å². The smallest absolute Gasteiger partial charge is 0.270 e. The number of carbonyl (C=O) groups excluding carboxylic acids is 1. The summed E-state index contributed by atoms with van der Waals surface area (Å²) in [4.78, 5) is 12.4. The van der Waals surface area contributed by atoms with Gasteiger partial charge in [0, 0.05) is 43.0 Å². The van der Waals surface area contributed by atoms with Gasteiger partial charge >= 0.3 is 0 Å². The van der Waals surface area contributed by atoms with Crippen molar-refractivity contribution in [3.63, 3.8) is 0 Å². The second kappa shape index (κ2) is 10.0. The molecule has 1 aliphatic rings. The first-order valence-corrected chi connectivity index (χ1v) is 12.0. The highest BCUT2D eigenvalue weighted by atomic mass is 32.2. The molecule has 33 heavy (non-hydrogen) atoms. The number of nitrogens with one attached hydrogen (secondary N) is 2. The van der Waals surface area contributed by atoms with Crippen molar-refractivity contribution < 1.29 is 31.5 Å². The van der Waals surface area contributed by atoms with Gasteiger partial charge in [-0.25, -0.2) is 17.2 Å². The normalized spacial score (nSPS) is 19.1. The average molecular weight is 483 g/mol. The van der Waals surface area contributed by atoms with Crippen molar-refractivity contribution in [1.82, 2.24) is 0 Å². The molecule has 1 amide bonds. The molecule has 0 saturated heterocycles. The van der Waals surface area contributed by atoms with E-state index in [-0.39, 0.29) is 39.8 Å². The molecule has 180 valence electrons. The van der Waals surface area contributed by atoms with Gasteiger partial charge in [-0.2, -0.15) is 0 Å². The molecule has 3 rings (SSSR count). The molecule has 0 atom stereocenters. The molecule has 2 N–H and O–H groups in total. The Bertz CT molecular complexity index is 1090. The maximum absolute atomic E-state index is 13.6. The zero-order valence-corrected chi connectivity index (χ0v) is 19.5. The molecule has 1 aliphatic carbocycles. The number of hydrogen-bond acceptors (Lipinski definition) is 5. The van der Waals surface area contributed by atoms with Gasteiger partial charge in [0.2, 0.25) is 5.91 Å². The zero-order valence-electron chi connectivity index (χ0n) is 18.7. The van der Waals surface area contributed by atoms with Gasteiger partial charge < -0.3 is 14.8 Å². The predicted molar refractivity (Wildman–Crippen MR) is 121 cm³/mol. The van der Waals surface area contributed by atoms with Crippen LogP contribution in [0.1, 0.15) is 38.2 Å². The minimum Gasteiger partial charge on any atom is -0.495 e. The molecule has 0 heterocycles. The second-order valence-electron chi connectivity index (χ2n) is 8.14. The van der Waals surface area contributed by atoms with Crippen LogP contribution in [0.15, 0.2) is 47.4 Å². The molecule has 0 bridgehead atoms. The SMILES string of the molecule is COc1cc(NC(=O)[C@H]2CC[C@@H](OC)CC2)ccc1S(=O)(=O)Nc1cccc(C(C)(F)F)c1. The van der Waals surface area contributed by atoms with Crippen LogP contribution in [0.4, 0.5) is 20.2 Å². The largest absolute Gasteiger partial charge is 0.495 e. The van der Waals surface area contributed by atoms with Gasteiger partial charge in [0.05, 0.1) is 13.2 Å². The van der Waals surface area contributed by atoms with Crippen LogP contribution in [-0.4, -0.2) is 34.6 Å². The van der Waals surface area contributed by atoms with E-state index in [9.17, 15) is 22.0 Å². The lowest BCUT2D eigenvalue weighted by molar-refractivity contribution is -0.121. The third kappa shape index (κ3) is 6.20. The van der Waals surface area contributed by atoms with E-state index < -0.39 is 15.9 Å². The number of rotatable bonds is 8. The summed E-state index contributed by atoms with van der Waals surface area (Å²) in [6.07, 6.45) is 3.23. The first kappa shape index (κ1) is 24.9. The third-order valence-corrected chi connectivity index (χ3v) is 7.14. The molecule has 2 aromatic carbocycles. The summed E-state index contributed by atoms with van der Waals surface area (Å²) in [5, 5.41) is 2.81. The predicted octanol–water partition coefficient (Wildman–Crippen LogP) is 4.75. The highest BCUT2D eigenvalue weighted by Gasteiger charge is 2.28. The summed E-state index contributed by atoms with van der Waals surface area (Å²) < 4.78 is 65.9. The van der Waals surface area contributed by atoms with Gasteiger partial charge in [-0.1, -0.05) is 12.1 Å². The van der Waals surface area contributed by atoms with Crippen molar-refractivity contribution in [3.8, 4) is 5.75 Å². The molecule has 10 heteroatoms. The lowest BCUT2D eigenvalue weighted by Gasteiger charge is -2.26. The van der Waals surface area contributed by atoms with Crippen LogP contribution in [0.25, 0.3) is 0 Å². The number of anilines is 2. The van der Waals surface area contributed by atoms with Crippen LogP contribution >= 0.6 is 0 Å². The average Bonchev–Trinajstić information content (AvgIpc) is 2.78. The second-order valence-corrected chi connectivity index (χ2v) is 9.79. The molecule has 0 aliphatic heterocycles. The molecule has 1 fully saturated rings. The quantitative estimate of drug-likeness (QED) is 0.566. The number of amides is 1. The van der Waals surface area contributed by atoms with Crippen LogP contribution in [0.2, 0.25) is 0 Å². The van der Waals surface area contributed by atoms with Crippen molar-refractivity contribution in [3.05, 3.63) is 48.0 Å². The fourth-order valence-electron chi connectivity index (χ4n) is 3.84. The van der Waals surface area contributed by atoms with Crippen LogP contribution in [0.5, 0.6) is 5.75 Å². The molecule has 2 aromatic rings. The maximum Gasteiger partial charge on any atom is 0.270 e. The Balaban J connectivity index is 1.75. The summed E-state index contributed by atoms with van der Waals surface area (Å²) in [6.45, 7) is 0.736. The van der Waals surface area contributed by atoms with Gasteiger partial charge in [-0.3, -0.25) is 9.52 Å². The standard InChI is InChI=1S/C23H28F2N2O5S/c1-23(24,25)16-5-4-6-18(13-16)27-33(29,30)21-12-9-17(14-20(21)32-3)26-22(28)15-7-10-19(31-2)11-8-15/h4-6,9,12-15,19,27H,7-8,10-11H2,1-3H3,(H,26,28)/t15-,19+. The number of benzene rings is 2. The highest BCUT2D eigenvalue weighted by Crippen LogP contribution is 2.32. The van der Waals surface area contributed by atoms with Gasteiger partial charge in [-0.05, 0) is 49.9 Å². The minimum atomic E-state index is -4.14. The van der Waals surface area contributed by atoms with Crippen LogP contribution in [-0.2, 0) is 25.5 Å². The molecular formula is C23H28F2N2O5S. The van der Waals surface area contributed by atoms with Gasteiger partial charge in [0.15, 0.2) is 0 Å². The minimum absolute atomic E-state index is 0.000110. The summed E-state index contributed by atoms with van der Waals surface area (Å²) in [6, 6.07) is 9.22. The topological polar surface area (TPSA) is 93.7 Å². The van der Waals surface area contributed by atoms with E-state index >= 15 is 0 Å². The third-order valence-electron chi connectivity index (χ3n) is 5.72. The Hall–Kier alpha value is -2.72. The van der Waals surface area contributed by atoms with Crippen molar-refractivity contribution in [2.75, 3.05) is 24.3 Å². The number of halogens is 2. The molecule has 0 radical (unpaired) electrons. The molecular weight excluding hydrogens is 454 g/mol. The van der Waals surface area contributed by atoms with E-state index in [2.05, 4.69) is 10.0 Å². The van der Waals surface area contributed by atoms with E-state index in [0.29, 0.717) is 18.5 Å². The molecule has 0 aromatic heterocycles. The lowest BCUT2D eigenvalue weighted by Crippen LogP contribution is -2.29. The number of sulfonamides is 1. The van der Waals surface area contributed by atoms with Gasteiger partial charge in [0.25, 0.3) is 15.9 Å². The fourth-order valence-corrected chi connectivity index (χ4v) is 5.04. The molecule has 0 spiro atoms. The highest BCUT2D eigenvalue weighted by molar-refractivity contribution is 7.92. The van der Waals surface area contributed by atoms with Crippen molar-refractivity contribution >= 4 is 27.3 Å². The molecule has 1 saturated carbocycles. The van der Waals surface area contributed by atoms with E-state index in [0.717, 1.165) is 25.8 Å². The summed E-state index contributed by atoms with van der Waals surface area (Å²) in [7, 11) is -1.17. The Kier molecular flexibility index (Phi) is 7.58. The number of ether oxygens (including phenoxy) is 2. The Morgan fingerprint density at radius 1 is 1.03 bits per heavy atom. The lowest BCUT2D eigenvalue weighted by atomic mass is 9.87. The maximum atomic E-state index is 13.6. The number of hydrogen-bond donors (Lipinski definition) is 2. The van der Waals surface area contributed by atoms with E-state index in [4.69, 9.17) is 9.47 Å². The first-order valence-electron chi connectivity index (χ1n) is 10.6. The van der Waals surface area contributed by atoms with E-state index in [1.54, 1.807) is 7.11 Å². The van der Waals surface area contributed by atoms with Gasteiger partial charge in [0.1, 0.15) is 10.6 Å². The number of methoxy groups -OCH3 is 2. The number of carbonyl (C=O) groups is 1. The zero-order chi connectivity index (χ0) is 24.2. The van der Waals surface area contributed by atoms with E-state index in [1.165, 1.54) is 43.5 Å². The Morgan fingerprint density at radius 2 is 1.73 bits per heavy atom. The molecule has 7 nitrogen and oxygen atoms in total. The van der Waals surface area contributed by atoms with E-state index in [1.807, 2.05) is 0 Å². The van der Waals surface area contributed by atoms with Crippen LogP contribution < -0.4 is 14.8 Å². The van der Waals surface area contributed by atoms with Gasteiger partial charge in [-0.15, -0.1) is 0 Å². The fraction of sp³-hybridized carbons (Fsp3) is 0.435. The van der Waals surface area contributed by atoms with Crippen molar-refractivity contribution in [1.29, 1.82) is 0 Å². The van der Waals surface area contributed by atoms with Crippen LogP contribution in [0.3, 0.4) is 0 Å². The summed E-state index contributed by atoms with van der Waals surface area (Å²) >= 11 is 0. The summed E-state index contributed by atoms with van der Waals surface area (Å²) in [5.41, 5.74) is 0.0877. The van der Waals surface area contributed by atoms with Crippen molar-refractivity contribution in [2.24, 2.45) is 5.92 Å². The molecule has 0 unspecified atom stereocenters. The summed E-state index contributed by atoms with van der Waals surface area (Å²) in [5.74, 6) is -3.38. The Morgan fingerprint density at radius 3 is 2.33 bits per heavy atom. The number of alkyl halides is 2. The monoisotopic (exact) mass is 482 g/mol. The first-order chi connectivity index (χ1) is 15.5. The van der Waals surface area contributed by atoms with Crippen molar-refractivity contribution in [2.45, 2.75) is 49.5 Å².